The molecule has 1 saturated heterocycles. The Kier molecular flexibility index (Phi) is 2.92. The first-order valence-electron chi connectivity index (χ1n) is 7.06. The van der Waals surface area contributed by atoms with E-state index in [2.05, 4.69) is 9.97 Å². The van der Waals surface area contributed by atoms with Crippen molar-refractivity contribution in [3.05, 3.63) is 35.0 Å². The van der Waals surface area contributed by atoms with Gasteiger partial charge in [0.05, 0.1) is 18.5 Å². The molecule has 3 heterocycles. The van der Waals surface area contributed by atoms with Crippen LogP contribution in [0.3, 0.4) is 0 Å². The topological polar surface area (TPSA) is 84.5 Å². The zero-order chi connectivity index (χ0) is 15.3. The second kappa shape index (κ2) is 4.72. The highest BCUT2D eigenvalue weighted by atomic mass is 35.5. The van der Waals surface area contributed by atoms with Gasteiger partial charge in [-0.05, 0) is 18.1 Å². The van der Waals surface area contributed by atoms with Gasteiger partial charge in [-0.25, -0.2) is 4.98 Å². The maximum atomic E-state index is 9.87. The van der Waals surface area contributed by atoms with Crippen LogP contribution in [-0.4, -0.2) is 34.8 Å². The molecule has 114 valence electrons. The normalized spacial score (nSPS) is 23.2. The van der Waals surface area contributed by atoms with E-state index in [4.69, 9.17) is 22.1 Å². The summed E-state index contributed by atoms with van der Waals surface area (Å²) in [6.07, 6.45) is 2.43. The Bertz CT molecular complexity index is 746. The van der Waals surface area contributed by atoms with Gasteiger partial charge in [0.2, 0.25) is 5.95 Å². The van der Waals surface area contributed by atoms with E-state index >= 15 is 0 Å². The van der Waals surface area contributed by atoms with E-state index in [0.29, 0.717) is 24.0 Å². The van der Waals surface area contributed by atoms with Crippen molar-refractivity contribution in [2.45, 2.75) is 11.8 Å². The quantitative estimate of drug-likeness (QED) is 0.838. The van der Waals surface area contributed by atoms with Gasteiger partial charge < -0.3 is 20.5 Å². The predicted molar refractivity (Wildman–Crippen MR) is 83.7 cm³/mol. The van der Waals surface area contributed by atoms with Crippen LogP contribution >= 0.6 is 11.6 Å². The van der Waals surface area contributed by atoms with Gasteiger partial charge in [-0.2, -0.15) is 4.98 Å². The first kappa shape index (κ1) is 13.6. The van der Waals surface area contributed by atoms with Gasteiger partial charge in [0, 0.05) is 24.6 Å². The van der Waals surface area contributed by atoms with Crippen molar-refractivity contribution in [1.82, 2.24) is 9.97 Å². The van der Waals surface area contributed by atoms with Crippen LogP contribution in [-0.2, 0) is 10.2 Å². The standard InChI is InChI=1S/C15H15ClN4O2/c16-11-6-18-14(17)19-13(11)20-7-15(3-4-22-8-15)10-2-1-9(21)5-12(10)20/h1-2,5-6,21H,3-4,7-8H2,(H2,17,18,19)/t15-/m0/s1. The van der Waals surface area contributed by atoms with Crippen molar-refractivity contribution in [3.8, 4) is 5.75 Å². The van der Waals surface area contributed by atoms with Gasteiger partial charge in [0.1, 0.15) is 10.8 Å². The molecule has 3 N–H and O–H groups in total. The average molecular weight is 319 g/mol. The fourth-order valence-electron chi connectivity index (χ4n) is 3.36. The van der Waals surface area contributed by atoms with Gasteiger partial charge in [-0.3, -0.25) is 0 Å². The molecule has 1 aromatic heterocycles. The second-order valence-corrected chi connectivity index (χ2v) is 6.18. The minimum Gasteiger partial charge on any atom is -0.508 e. The number of ether oxygens (including phenoxy) is 1. The van der Waals surface area contributed by atoms with Crippen LogP contribution in [0.15, 0.2) is 24.4 Å². The lowest BCUT2D eigenvalue weighted by molar-refractivity contribution is 0.180. The van der Waals surface area contributed by atoms with Crippen LogP contribution in [0, 0.1) is 0 Å². The minimum absolute atomic E-state index is 0.0912. The number of phenols is 1. The number of rotatable bonds is 1. The van der Waals surface area contributed by atoms with Crippen molar-refractivity contribution in [1.29, 1.82) is 0 Å². The SMILES string of the molecule is Nc1ncc(Cl)c(N2C[C@]3(CCOC3)c3ccc(O)cc32)n1. The summed E-state index contributed by atoms with van der Waals surface area (Å²) in [5.41, 5.74) is 7.66. The molecule has 1 spiro atoms. The summed E-state index contributed by atoms with van der Waals surface area (Å²) in [5.74, 6) is 0.937. The molecule has 7 heteroatoms. The number of phenolic OH excluding ortho intramolecular Hbond substituents is 1. The lowest BCUT2D eigenvalue weighted by Crippen LogP contribution is -2.32. The van der Waals surface area contributed by atoms with Crippen molar-refractivity contribution >= 4 is 29.1 Å². The molecule has 0 radical (unpaired) electrons. The Hall–Kier alpha value is -2.05. The number of hydrogen-bond donors (Lipinski definition) is 2. The number of fused-ring (bicyclic) bond motifs is 2. The first-order chi connectivity index (χ1) is 10.6. The summed E-state index contributed by atoms with van der Waals surface area (Å²) in [6.45, 7) is 2.08. The molecule has 2 aromatic rings. The third kappa shape index (κ3) is 1.91. The highest BCUT2D eigenvalue weighted by molar-refractivity contribution is 6.33. The fourth-order valence-corrected chi connectivity index (χ4v) is 3.55. The molecule has 4 rings (SSSR count). The van der Waals surface area contributed by atoms with E-state index in [1.807, 2.05) is 11.0 Å². The van der Waals surface area contributed by atoms with E-state index in [1.54, 1.807) is 12.1 Å². The largest absolute Gasteiger partial charge is 0.508 e. The van der Waals surface area contributed by atoms with E-state index in [1.165, 1.54) is 6.20 Å². The minimum atomic E-state index is -0.0912. The number of benzene rings is 1. The van der Waals surface area contributed by atoms with E-state index < -0.39 is 0 Å². The summed E-state index contributed by atoms with van der Waals surface area (Å²) in [7, 11) is 0. The first-order valence-corrected chi connectivity index (χ1v) is 7.44. The molecule has 22 heavy (non-hydrogen) atoms. The zero-order valence-electron chi connectivity index (χ0n) is 11.8. The molecule has 1 atom stereocenters. The number of aromatic nitrogens is 2. The van der Waals surface area contributed by atoms with Crippen molar-refractivity contribution in [2.24, 2.45) is 0 Å². The lowest BCUT2D eigenvalue weighted by Gasteiger charge is -2.24. The molecular weight excluding hydrogens is 304 g/mol. The Morgan fingerprint density at radius 1 is 1.41 bits per heavy atom. The molecular formula is C15H15ClN4O2. The number of anilines is 3. The number of nitrogens with two attached hydrogens (primary N) is 1. The lowest BCUT2D eigenvalue weighted by atomic mass is 9.82. The second-order valence-electron chi connectivity index (χ2n) is 5.77. The molecule has 0 bridgehead atoms. The Morgan fingerprint density at radius 2 is 2.27 bits per heavy atom. The Balaban J connectivity index is 1.89. The molecule has 2 aliphatic heterocycles. The Labute approximate surface area is 132 Å². The highest BCUT2D eigenvalue weighted by Gasteiger charge is 2.46. The zero-order valence-corrected chi connectivity index (χ0v) is 12.5. The number of hydrogen-bond acceptors (Lipinski definition) is 6. The smallest absolute Gasteiger partial charge is 0.222 e. The van der Waals surface area contributed by atoms with E-state index in [9.17, 15) is 5.11 Å². The Morgan fingerprint density at radius 3 is 3.05 bits per heavy atom. The van der Waals surface area contributed by atoms with Gasteiger partial charge in [-0.15, -0.1) is 0 Å². The summed E-state index contributed by atoms with van der Waals surface area (Å²) in [4.78, 5) is 10.2. The number of aromatic hydroxyl groups is 1. The molecule has 2 aliphatic rings. The molecule has 0 saturated carbocycles. The summed E-state index contributed by atoms with van der Waals surface area (Å²) in [5, 5.41) is 10.3. The summed E-state index contributed by atoms with van der Waals surface area (Å²) in [6, 6.07) is 5.40. The van der Waals surface area contributed by atoms with Crippen molar-refractivity contribution < 1.29 is 9.84 Å². The maximum Gasteiger partial charge on any atom is 0.222 e. The molecule has 0 aliphatic carbocycles. The fraction of sp³-hybridized carbons (Fsp3) is 0.333. The van der Waals surface area contributed by atoms with Gasteiger partial charge in [0.15, 0.2) is 5.82 Å². The average Bonchev–Trinajstić information content (AvgIpc) is 3.08. The monoisotopic (exact) mass is 318 g/mol. The third-order valence-corrected chi connectivity index (χ3v) is 4.67. The van der Waals surface area contributed by atoms with Gasteiger partial charge in [-0.1, -0.05) is 17.7 Å². The van der Waals surface area contributed by atoms with Crippen LogP contribution in [0.2, 0.25) is 5.02 Å². The van der Waals surface area contributed by atoms with Crippen LogP contribution in [0.5, 0.6) is 5.75 Å². The third-order valence-electron chi connectivity index (χ3n) is 4.41. The summed E-state index contributed by atoms with van der Waals surface area (Å²) < 4.78 is 5.63. The number of nitrogens with zero attached hydrogens (tertiary/aromatic N) is 3. The highest BCUT2D eigenvalue weighted by Crippen LogP contribution is 2.50. The molecule has 0 unspecified atom stereocenters. The van der Waals surface area contributed by atoms with E-state index in [-0.39, 0.29) is 17.1 Å². The van der Waals surface area contributed by atoms with E-state index in [0.717, 1.165) is 24.3 Å². The molecule has 1 fully saturated rings. The molecule has 0 amide bonds. The summed E-state index contributed by atoms with van der Waals surface area (Å²) >= 11 is 6.26. The van der Waals surface area contributed by atoms with Crippen molar-refractivity contribution in [2.75, 3.05) is 30.4 Å². The maximum absolute atomic E-state index is 9.87. The van der Waals surface area contributed by atoms with Crippen LogP contribution in [0.25, 0.3) is 0 Å². The van der Waals surface area contributed by atoms with Gasteiger partial charge >= 0.3 is 0 Å². The molecule has 1 aromatic carbocycles. The van der Waals surface area contributed by atoms with Crippen LogP contribution in [0.1, 0.15) is 12.0 Å². The predicted octanol–water partition coefficient (Wildman–Crippen LogP) is 2.23. The number of halogens is 1. The van der Waals surface area contributed by atoms with Crippen LogP contribution in [0.4, 0.5) is 17.5 Å². The number of nitrogen functional groups attached to an aromatic ring is 1. The van der Waals surface area contributed by atoms with Crippen LogP contribution < -0.4 is 10.6 Å². The van der Waals surface area contributed by atoms with Gasteiger partial charge in [0.25, 0.3) is 0 Å². The molecule has 6 nitrogen and oxygen atoms in total. The van der Waals surface area contributed by atoms with Crippen molar-refractivity contribution in [3.63, 3.8) is 0 Å².